The van der Waals surface area contributed by atoms with E-state index in [2.05, 4.69) is 12.2 Å². The summed E-state index contributed by atoms with van der Waals surface area (Å²) in [5.74, 6) is 1.60. The summed E-state index contributed by atoms with van der Waals surface area (Å²) in [6.45, 7) is 0. The third kappa shape index (κ3) is 0.438. The van der Waals surface area contributed by atoms with Crippen molar-refractivity contribution >= 4 is 0 Å². The molecule has 2 heteroatoms. The first-order valence-corrected chi connectivity index (χ1v) is 3.45. The maximum absolute atomic E-state index is 5.04. The number of rotatable bonds is 0. The largest absolute Gasteiger partial charge is 0.228 e. The van der Waals surface area contributed by atoms with Crippen LogP contribution in [0, 0.1) is 11.8 Å². The highest BCUT2D eigenvalue weighted by Gasteiger charge is 2.54. The lowest BCUT2D eigenvalue weighted by atomic mass is 10.0. The second kappa shape index (κ2) is 1.22. The lowest BCUT2D eigenvalue weighted by Crippen LogP contribution is -2.32. The number of hydrogen-bond donors (Lipinski definition) is 0. The van der Waals surface area contributed by atoms with Gasteiger partial charge in [0.05, 0.1) is 0 Å². The molecule has 0 radical (unpaired) electrons. The molecule has 4 rings (SSSR count). The molecule has 2 heterocycles. The normalized spacial score (nSPS) is 59.6. The molecule has 1 saturated carbocycles. The van der Waals surface area contributed by atoms with Crippen molar-refractivity contribution in [2.75, 3.05) is 0 Å². The molecule has 2 bridgehead atoms. The zero-order chi connectivity index (χ0) is 5.84. The molecule has 0 aromatic heterocycles. The van der Waals surface area contributed by atoms with E-state index in [1.165, 1.54) is 6.42 Å². The first-order valence-electron chi connectivity index (χ1n) is 3.45. The van der Waals surface area contributed by atoms with Crippen molar-refractivity contribution in [3.05, 3.63) is 12.2 Å². The van der Waals surface area contributed by atoms with Crippen molar-refractivity contribution in [1.29, 1.82) is 0 Å². The van der Waals surface area contributed by atoms with Crippen LogP contribution in [0.5, 0.6) is 0 Å². The van der Waals surface area contributed by atoms with Crippen molar-refractivity contribution in [3.8, 4) is 0 Å². The summed E-state index contributed by atoms with van der Waals surface area (Å²) in [6.07, 6.45) is 6.15. The molecule has 0 unspecified atom stereocenters. The molecule has 0 N–H and O–H groups in total. The standard InChI is InChI=1S/C7H8O2/c1-2-7-5-3-4(5)6(1)8-9-7/h1-2,4-7H,3H2/t4-,5-,6-,7+/m1/s1. The molecule has 2 fully saturated rings. The minimum atomic E-state index is 0.292. The summed E-state index contributed by atoms with van der Waals surface area (Å²) in [7, 11) is 0. The van der Waals surface area contributed by atoms with E-state index in [4.69, 9.17) is 9.78 Å². The molecule has 2 nitrogen and oxygen atoms in total. The Balaban J connectivity index is 2.05. The zero-order valence-corrected chi connectivity index (χ0v) is 4.99. The van der Waals surface area contributed by atoms with E-state index in [-0.39, 0.29) is 0 Å². The molecule has 2 aliphatic heterocycles. The van der Waals surface area contributed by atoms with Gasteiger partial charge in [0, 0.05) is 0 Å². The minimum Gasteiger partial charge on any atom is -0.228 e. The summed E-state index contributed by atoms with van der Waals surface area (Å²) in [6, 6.07) is 0. The van der Waals surface area contributed by atoms with Crippen LogP contribution in [-0.2, 0) is 9.78 Å². The monoisotopic (exact) mass is 124 g/mol. The Kier molecular flexibility index (Phi) is 0.608. The van der Waals surface area contributed by atoms with Gasteiger partial charge >= 0.3 is 0 Å². The van der Waals surface area contributed by atoms with Crippen LogP contribution in [0.1, 0.15) is 6.42 Å². The average Bonchev–Trinajstić information content (AvgIpc) is 2.68. The molecule has 4 atom stereocenters. The summed E-state index contributed by atoms with van der Waals surface area (Å²) >= 11 is 0. The Bertz CT molecular complexity index is 158. The van der Waals surface area contributed by atoms with Gasteiger partial charge in [-0.05, 0) is 18.3 Å². The topological polar surface area (TPSA) is 18.5 Å². The Hall–Kier alpha value is -0.340. The van der Waals surface area contributed by atoms with Gasteiger partial charge in [-0.25, -0.2) is 9.78 Å². The van der Waals surface area contributed by atoms with Gasteiger partial charge in [-0.2, -0.15) is 0 Å². The van der Waals surface area contributed by atoms with Crippen LogP contribution in [0.4, 0.5) is 0 Å². The molecule has 0 spiro atoms. The summed E-state index contributed by atoms with van der Waals surface area (Å²) in [4.78, 5) is 10.1. The van der Waals surface area contributed by atoms with Crippen molar-refractivity contribution < 1.29 is 9.78 Å². The van der Waals surface area contributed by atoms with Crippen LogP contribution in [0.3, 0.4) is 0 Å². The first-order chi connectivity index (χ1) is 4.45. The van der Waals surface area contributed by atoms with E-state index < -0.39 is 0 Å². The second-order valence-corrected chi connectivity index (χ2v) is 3.07. The fourth-order valence-corrected chi connectivity index (χ4v) is 1.83. The Morgan fingerprint density at radius 1 is 1.00 bits per heavy atom. The van der Waals surface area contributed by atoms with Crippen molar-refractivity contribution in [2.24, 2.45) is 11.8 Å². The Labute approximate surface area is 53.4 Å². The zero-order valence-electron chi connectivity index (χ0n) is 4.99. The van der Waals surface area contributed by atoms with Crippen LogP contribution >= 0.6 is 0 Å². The smallest absolute Gasteiger partial charge is 0.114 e. The lowest BCUT2D eigenvalue weighted by molar-refractivity contribution is -0.364. The molecular formula is C7H8O2. The number of fused-ring (bicyclic) bond motifs is 1. The maximum Gasteiger partial charge on any atom is 0.114 e. The van der Waals surface area contributed by atoms with Gasteiger partial charge in [0.15, 0.2) is 0 Å². The highest BCUT2D eigenvalue weighted by atomic mass is 17.2. The first kappa shape index (κ1) is 4.47. The van der Waals surface area contributed by atoms with E-state index in [9.17, 15) is 0 Å². The maximum atomic E-state index is 5.04. The summed E-state index contributed by atoms with van der Waals surface area (Å²) in [5, 5.41) is 0. The predicted octanol–water partition coefficient (Wildman–Crippen LogP) is 0.891. The van der Waals surface area contributed by atoms with Gasteiger partial charge in [0.2, 0.25) is 0 Å². The highest BCUT2D eigenvalue weighted by molar-refractivity contribution is 5.16. The van der Waals surface area contributed by atoms with E-state index in [0.717, 1.165) is 11.8 Å². The van der Waals surface area contributed by atoms with Crippen LogP contribution in [0.25, 0.3) is 0 Å². The van der Waals surface area contributed by atoms with Gasteiger partial charge in [-0.3, -0.25) is 0 Å². The highest BCUT2D eigenvalue weighted by Crippen LogP contribution is 2.52. The third-order valence-corrected chi connectivity index (χ3v) is 2.50. The summed E-state index contributed by atoms with van der Waals surface area (Å²) in [5.41, 5.74) is 0. The van der Waals surface area contributed by atoms with Crippen molar-refractivity contribution in [3.63, 3.8) is 0 Å². The third-order valence-electron chi connectivity index (χ3n) is 2.50. The molecule has 4 aliphatic rings. The van der Waals surface area contributed by atoms with E-state index in [1.54, 1.807) is 0 Å². The van der Waals surface area contributed by atoms with Gasteiger partial charge in [0.25, 0.3) is 0 Å². The summed E-state index contributed by atoms with van der Waals surface area (Å²) < 4.78 is 0. The molecule has 1 saturated heterocycles. The van der Waals surface area contributed by atoms with E-state index >= 15 is 0 Å². The van der Waals surface area contributed by atoms with E-state index in [1.807, 2.05) is 0 Å². The van der Waals surface area contributed by atoms with Gasteiger partial charge in [-0.15, -0.1) is 0 Å². The van der Waals surface area contributed by atoms with Crippen molar-refractivity contribution in [2.45, 2.75) is 18.6 Å². The average molecular weight is 124 g/mol. The fourth-order valence-electron chi connectivity index (χ4n) is 1.83. The Morgan fingerprint density at radius 3 is 1.89 bits per heavy atom. The second-order valence-electron chi connectivity index (χ2n) is 3.07. The quantitative estimate of drug-likeness (QED) is 0.352. The fraction of sp³-hybridized carbons (Fsp3) is 0.714. The van der Waals surface area contributed by atoms with Gasteiger partial charge < -0.3 is 0 Å². The number of hydrogen-bond acceptors (Lipinski definition) is 2. The van der Waals surface area contributed by atoms with E-state index in [0.29, 0.717) is 12.2 Å². The molecule has 0 aromatic rings. The predicted molar refractivity (Wildman–Crippen MR) is 30.5 cm³/mol. The van der Waals surface area contributed by atoms with Crippen LogP contribution in [0.15, 0.2) is 12.2 Å². The molecule has 0 aromatic carbocycles. The van der Waals surface area contributed by atoms with Gasteiger partial charge in [0.1, 0.15) is 12.2 Å². The lowest BCUT2D eigenvalue weighted by Gasteiger charge is -2.28. The molecule has 48 valence electrons. The SMILES string of the molecule is C1=C[C@H]2OO[C@@H]1[C@@H]1C[C@H]12. The Morgan fingerprint density at radius 2 is 1.56 bits per heavy atom. The van der Waals surface area contributed by atoms with Crippen LogP contribution in [0.2, 0.25) is 0 Å². The van der Waals surface area contributed by atoms with Crippen molar-refractivity contribution in [1.82, 2.24) is 0 Å². The van der Waals surface area contributed by atoms with Crippen LogP contribution in [-0.4, -0.2) is 12.2 Å². The molecule has 0 amide bonds. The molecule has 9 heavy (non-hydrogen) atoms. The molecular weight excluding hydrogens is 116 g/mol. The van der Waals surface area contributed by atoms with Crippen LogP contribution < -0.4 is 0 Å². The molecule has 2 aliphatic carbocycles. The minimum absolute atomic E-state index is 0.292. The van der Waals surface area contributed by atoms with Gasteiger partial charge in [-0.1, -0.05) is 12.2 Å².